The van der Waals surface area contributed by atoms with Gasteiger partial charge >= 0.3 is 5.97 Å². The number of carbonyl (C=O) groups is 3. The second-order valence-electron chi connectivity index (χ2n) is 11.4. The molecule has 208 valence electrons. The minimum Gasteiger partial charge on any atom is -0.469 e. The van der Waals surface area contributed by atoms with Gasteiger partial charge in [0.25, 0.3) is 20.1 Å². The van der Waals surface area contributed by atoms with E-state index < -0.39 is 38.5 Å². The van der Waals surface area contributed by atoms with Crippen LogP contribution in [0.25, 0.3) is 0 Å². The Kier molecular flexibility index (Phi) is 7.52. The lowest BCUT2D eigenvalue weighted by molar-refractivity contribution is -0.149. The lowest BCUT2D eigenvalue weighted by Gasteiger charge is -2.46. The third-order valence-corrected chi connectivity index (χ3v) is 13.3. The molecule has 0 unspecified atom stereocenters. The first kappa shape index (κ1) is 28.0. The molecule has 1 aliphatic heterocycles. The van der Waals surface area contributed by atoms with Crippen LogP contribution in [0.2, 0.25) is 5.04 Å². The van der Waals surface area contributed by atoms with Crippen molar-refractivity contribution in [2.45, 2.75) is 50.5 Å². The van der Waals surface area contributed by atoms with E-state index in [1.807, 2.05) is 36.4 Å². The topological polar surface area (TPSA) is 82.1 Å². The van der Waals surface area contributed by atoms with E-state index in [9.17, 15) is 14.4 Å². The summed E-state index contributed by atoms with van der Waals surface area (Å²) in [5.41, 5.74) is 0.710. The first-order valence-electron chi connectivity index (χ1n) is 13.5. The summed E-state index contributed by atoms with van der Waals surface area (Å²) in [6.07, 6.45) is -1.33. The van der Waals surface area contributed by atoms with Crippen molar-refractivity contribution in [3.05, 3.63) is 96.1 Å². The van der Waals surface area contributed by atoms with Gasteiger partial charge in [0, 0.05) is 7.11 Å². The summed E-state index contributed by atoms with van der Waals surface area (Å²) in [5, 5.41) is 1.75. The fraction of sp³-hybridized carbons (Fsp3) is 0.344. The summed E-state index contributed by atoms with van der Waals surface area (Å²) in [7, 11) is -0.230. The molecule has 0 bridgehead atoms. The molecule has 0 aromatic heterocycles. The molecule has 1 fully saturated rings. The Bertz CT molecular complexity index is 1330. The van der Waals surface area contributed by atoms with Gasteiger partial charge in [-0.15, -0.1) is 0 Å². The van der Waals surface area contributed by atoms with Crippen molar-refractivity contribution in [1.29, 1.82) is 0 Å². The standard InChI is InChI=1S/C32H35NO6Si/c1-32(2,3)40(21-14-8-6-9-15-21,22-16-10-7-11-17-22)39-27-25(31(36)38-5)20-26(28(27)37-4)33-29(34)23-18-12-13-19-24(23)30(33)35/h6-19,25-28H,20H2,1-5H3/t25-,26+,27+,28-/m0/s1. The van der Waals surface area contributed by atoms with E-state index >= 15 is 0 Å². The summed E-state index contributed by atoms with van der Waals surface area (Å²) >= 11 is 0. The average Bonchev–Trinajstić information content (AvgIpc) is 3.44. The van der Waals surface area contributed by atoms with Crippen molar-refractivity contribution in [1.82, 2.24) is 4.90 Å². The summed E-state index contributed by atoms with van der Waals surface area (Å²) in [5.74, 6) is -1.97. The van der Waals surface area contributed by atoms with Gasteiger partial charge in [-0.1, -0.05) is 93.6 Å². The normalized spacial score (nSPS) is 22.9. The quantitative estimate of drug-likeness (QED) is 0.250. The van der Waals surface area contributed by atoms with Crippen LogP contribution in [0.3, 0.4) is 0 Å². The van der Waals surface area contributed by atoms with Crippen LogP contribution in [0.15, 0.2) is 84.9 Å². The van der Waals surface area contributed by atoms with E-state index in [0.29, 0.717) is 11.1 Å². The molecular formula is C32H35NO6Si. The summed E-state index contributed by atoms with van der Waals surface area (Å²) < 4.78 is 18.7. The minimum atomic E-state index is -3.12. The van der Waals surface area contributed by atoms with Crippen LogP contribution in [0.4, 0.5) is 0 Å². The number of esters is 1. The number of imide groups is 1. The SMILES string of the molecule is COC(=O)[C@H]1C[C@@H](N2C(=O)c3ccccc3C2=O)[C@H](OC)[C@@H]1O[Si](c1ccccc1)(c1ccccc1)C(C)(C)C. The number of ether oxygens (including phenoxy) is 2. The van der Waals surface area contributed by atoms with Gasteiger partial charge in [-0.3, -0.25) is 19.3 Å². The number of nitrogens with zero attached hydrogens (tertiary/aromatic N) is 1. The van der Waals surface area contributed by atoms with Gasteiger partial charge in [0.2, 0.25) is 0 Å². The number of hydrogen-bond acceptors (Lipinski definition) is 6. The maximum Gasteiger partial charge on any atom is 0.311 e. The number of hydrogen-bond donors (Lipinski definition) is 0. The second-order valence-corrected chi connectivity index (χ2v) is 15.7. The van der Waals surface area contributed by atoms with E-state index in [0.717, 1.165) is 10.4 Å². The van der Waals surface area contributed by atoms with Gasteiger partial charge in [0.1, 0.15) is 6.10 Å². The van der Waals surface area contributed by atoms with Crippen LogP contribution in [-0.2, 0) is 18.7 Å². The van der Waals surface area contributed by atoms with Crippen molar-refractivity contribution in [2.24, 2.45) is 5.92 Å². The zero-order chi connectivity index (χ0) is 28.7. The highest BCUT2D eigenvalue weighted by molar-refractivity contribution is 6.99. The van der Waals surface area contributed by atoms with E-state index in [1.54, 1.807) is 24.3 Å². The van der Waals surface area contributed by atoms with Crippen LogP contribution in [0.1, 0.15) is 47.9 Å². The zero-order valence-electron chi connectivity index (χ0n) is 23.5. The molecule has 8 heteroatoms. The number of carbonyl (C=O) groups excluding carboxylic acids is 3. The number of methoxy groups -OCH3 is 2. The van der Waals surface area contributed by atoms with Crippen LogP contribution in [-0.4, -0.2) is 63.5 Å². The molecule has 1 aliphatic carbocycles. The van der Waals surface area contributed by atoms with Gasteiger partial charge in [-0.25, -0.2) is 0 Å². The van der Waals surface area contributed by atoms with E-state index in [-0.39, 0.29) is 23.3 Å². The zero-order valence-corrected chi connectivity index (χ0v) is 24.5. The molecule has 0 radical (unpaired) electrons. The Morgan fingerprint density at radius 3 is 1.68 bits per heavy atom. The highest BCUT2D eigenvalue weighted by atomic mass is 28.4. The van der Waals surface area contributed by atoms with Gasteiger partial charge in [-0.05, 0) is 34.0 Å². The number of fused-ring (bicyclic) bond motifs is 1. The average molecular weight is 558 g/mol. The van der Waals surface area contributed by atoms with Crippen molar-refractivity contribution in [3.63, 3.8) is 0 Å². The van der Waals surface area contributed by atoms with Crippen LogP contribution in [0.5, 0.6) is 0 Å². The third kappa shape index (κ3) is 4.40. The van der Waals surface area contributed by atoms with E-state index in [4.69, 9.17) is 13.9 Å². The third-order valence-electron chi connectivity index (χ3n) is 8.26. The molecule has 5 rings (SSSR count). The molecular weight excluding hydrogens is 522 g/mol. The first-order chi connectivity index (χ1) is 19.2. The minimum absolute atomic E-state index is 0.180. The monoisotopic (exact) mass is 557 g/mol. The lowest BCUT2D eigenvalue weighted by atomic mass is 10.1. The molecule has 2 aliphatic rings. The number of rotatable bonds is 7. The van der Waals surface area contributed by atoms with Crippen molar-refractivity contribution in [3.8, 4) is 0 Å². The Balaban J connectivity index is 1.64. The first-order valence-corrected chi connectivity index (χ1v) is 15.4. The molecule has 4 atom stereocenters. The number of benzene rings is 3. The maximum absolute atomic E-state index is 13.5. The Labute approximate surface area is 236 Å². The van der Waals surface area contributed by atoms with Crippen LogP contribution < -0.4 is 10.4 Å². The predicted molar refractivity (Wildman–Crippen MR) is 154 cm³/mol. The van der Waals surface area contributed by atoms with Gasteiger partial charge in [0.15, 0.2) is 0 Å². The Morgan fingerprint density at radius 1 is 0.775 bits per heavy atom. The van der Waals surface area contributed by atoms with E-state index in [2.05, 4.69) is 45.0 Å². The Hall–Kier alpha value is -3.59. The smallest absolute Gasteiger partial charge is 0.311 e. The molecule has 0 N–H and O–H groups in total. The largest absolute Gasteiger partial charge is 0.469 e. The lowest BCUT2D eigenvalue weighted by Crippen LogP contribution is -2.69. The van der Waals surface area contributed by atoms with Gasteiger partial charge in [0.05, 0.1) is 36.3 Å². The van der Waals surface area contributed by atoms with E-state index in [1.165, 1.54) is 19.1 Å². The fourth-order valence-corrected chi connectivity index (χ4v) is 11.2. The molecule has 0 saturated heterocycles. The van der Waals surface area contributed by atoms with Crippen molar-refractivity contribution >= 4 is 36.5 Å². The van der Waals surface area contributed by atoms with Crippen LogP contribution in [0, 0.1) is 5.92 Å². The van der Waals surface area contributed by atoms with Gasteiger partial charge in [-0.2, -0.15) is 0 Å². The molecule has 3 aromatic rings. The Morgan fingerprint density at radius 2 is 1.25 bits per heavy atom. The highest BCUT2D eigenvalue weighted by Gasteiger charge is 2.59. The van der Waals surface area contributed by atoms with Crippen LogP contribution >= 0.6 is 0 Å². The highest BCUT2D eigenvalue weighted by Crippen LogP contribution is 2.44. The number of amides is 2. The molecule has 3 aromatic carbocycles. The molecule has 1 saturated carbocycles. The molecule has 2 amide bonds. The molecule has 1 heterocycles. The van der Waals surface area contributed by atoms with Crippen molar-refractivity contribution < 1.29 is 28.3 Å². The summed E-state index contributed by atoms with van der Waals surface area (Å²) in [4.78, 5) is 41.6. The van der Waals surface area contributed by atoms with Crippen molar-refractivity contribution in [2.75, 3.05) is 14.2 Å². The maximum atomic E-state index is 13.5. The van der Waals surface area contributed by atoms with Gasteiger partial charge < -0.3 is 13.9 Å². The fourth-order valence-electron chi connectivity index (χ4n) is 6.46. The predicted octanol–water partition coefficient (Wildman–Crippen LogP) is 3.80. The molecule has 7 nitrogen and oxygen atoms in total. The molecule has 0 spiro atoms. The summed E-state index contributed by atoms with van der Waals surface area (Å²) in [6.45, 7) is 6.47. The summed E-state index contributed by atoms with van der Waals surface area (Å²) in [6, 6.07) is 26.3. The second kappa shape index (κ2) is 10.8. The molecule has 40 heavy (non-hydrogen) atoms.